The Kier molecular flexibility index (Phi) is 8.28. The molecular weight excluding hydrogens is 568 g/mol. The first-order valence-electron chi connectivity index (χ1n) is 12.7. The van der Waals surface area contributed by atoms with Crippen molar-refractivity contribution in [1.82, 2.24) is 14.8 Å². The van der Waals surface area contributed by atoms with Gasteiger partial charge in [-0.3, -0.25) is 0 Å². The summed E-state index contributed by atoms with van der Waals surface area (Å²) in [4.78, 5) is 18.4. The maximum atomic E-state index is 13.7. The summed E-state index contributed by atoms with van der Waals surface area (Å²) in [6.07, 6.45) is 5.07. The minimum absolute atomic E-state index is 0.0662. The molecule has 200 valence electrons. The summed E-state index contributed by atoms with van der Waals surface area (Å²) in [6.45, 7) is 1.88. The Hall–Kier alpha value is -2.98. The summed E-state index contributed by atoms with van der Waals surface area (Å²) in [7, 11) is 3.19. The minimum Gasteiger partial charge on any atom is -0.493 e. The molecule has 1 N–H and O–H groups in total. The number of carbonyl (C=O) groups is 1. The van der Waals surface area contributed by atoms with Crippen molar-refractivity contribution in [1.29, 1.82) is 0 Å². The number of nitrogens with zero attached hydrogens (tertiary/aromatic N) is 3. The number of esters is 1. The Bertz CT molecular complexity index is 1340. The summed E-state index contributed by atoms with van der Waals surface area (Å²) >= 11 is 5.16. The van der Waals surface area contributed by atoms with Crippen LogP contribution in [-0.4, -0.2) is 41.1 Å². The highest BCUT2D eigenvalue weighted by atomic mass is 79.9. The van der Waals surface area contributed by atoms with Crippen molar-refractivity contribution in [3.8, 4) is 11.5 Å². The lowest BCUT2D eigenvalue weighted by atomic mass is 9.94. The number of hydrogen-bond donors (Lipinski definition) is 1. The first-order chi connectivity index (χ1) is 18.5. The van der Waals surface area contributed by atoms with Crippen LogP contribution in [0.3, 0.4) is 0 Å². The van der Waals surface area contributed by atoms with Gasteiger partial charge in [-0.25, -0.2) is 9.48 Å². The molecule has 0 bridgehead atoms. The van der Waals surface area contributed by atoms with Crippen molar-refractivity contribution in [3.05, 3.63) is 69.3 Å². The average molecular weight is 600 g/mol. The number of hydrogen-bond acceptors (Lipinski definition) is 8. The molecule has 38 heavy (non-hydrogen) atoms. The normalized spacial score (nSPS) is 17.5. The lowest BCUT2D eigenvalue weighted by Crippen LogP contribution is -2.32. The lowest BCUT2D eigenvalue weighted by molar-refractivity contribution is -0.146. The van der Waals surface area contributed by atoms with Crippen LogP contribution in [0.1, 0.15) is 56.2 Å². The van der Waals surface area contributed by atoms with E-state index in [1.165, 1.54) is 12.0 Å². The molecule has 5 rings (SSSR count). The third-order valence-electron chi connectivity index (χ3n) is 6.86. The summed E-state index contributed by atoms with van der Waals surface area (Å²) < 4.78 is 19.7. The van der Waals surface area contributed by atoms with Crippen molar-refractivity contribution in [2.24, 2.45) is 0 Å². The molecule has 1 aromatic heterocycles. The second-order valence-corrected chi connectivity index (χ2v) is 11.2. The van der Waals surface area contributed by atoms with E-state index in [9.17, 15) is 4.79 Å². The summed E-state index contributed by atoms with van der Waals surface area (Å²) in [5.41, 5.74) is 3.19. The third kappa shape index (κ3) is 5.56. The van der Waals surface area contributed by atoms with Crippen molar-refractivity contribution in [3.63, 3.8) is 0 Å². The fraction of sp³-hybridized carbons (Fsp3) is 0.393. The number of carbonyl (C=O) groups excluding carboxylic acids is 1. The Morgan fingerprint density at radius 3 is 2.61 bits per heavy atom. The molecule has 0 amide bonds. The van der Waals surface area contributed by atoms with E-state index in [1.54, 1.807) is 30.7 Å². The van der Waals surface area contributed by atoms with E-state index in [1.807, 2.05) is 37.3 Å². The number of anilines is 1. The van der Waals surface area contributed by atoms with Crippen LogP contribution >= 0.6 is 27.7 Å². The largest absolute Gasteiger partial charge is 0.493 e. The first-order valence-corrected chi connectivity index (χ1v) is 14.5. The van der Waals surface area contributed by atoms with Crippen molar-refractivity contribution >= 4 is 39.6 Å². The maximum Gasteiger partial charge on any atom is 0.338 e. The highest BCUT2D eigenvalue weighted by molar-refractivity contribution is 9.10. The monoisotopic (exact) mass is 598 g/mol. The van der Waals surface area contributed by atoms with Crippen LogP contribution in [0.2, 0.25) is 0 Å². The molecule has 1 aliphatic heterocycles. The van der Waals surface area contributed by atoms with Crippen LogP contribution in [0, 0.1) is 0 Å². The Balaban J connectivity index is 1.53. The minimum atomic E-state index is -0.558. The predicted octanol–water partition coefficient (Wildman–Crippen LogP) is 6.51. The number of methoxy groups -OCH3 is 2. The highest BCUT2D eigenvalue weighted by Crippen LogP contribution is 2.43. The van der Waals surface area contributed by atoms with Gasteiger partial charge in [0.1, 0.15) is 12.1 Å². The molecule has 10 heteroatoms. The number of nitrogens with one attached hydrogen (secondary N) is 1. The SMILES string of the molecule is COc1cc(C2C(C(=O)OC3CCCCC3)=C(C)Nc3nc(SCc4ccccc4)nn32)cc(Br)c1OC. The van der Waals surface area contributed by atoms with E-state index >= 15 is 0 Å². The molecular formula is C28H31BrN4O4S. The van der Waals surface area contributed by atoms with Gasteiger partial charge >= 0.3 is 5.97 Å². The number of rotatable bonds is 8. The van der Waals surface area contributed by atoms with Gasteiger partial charge in [-0.2, -0.15) is 4.98 Å². The Morgan fingerprint density at radius 2 is 1.89 bits per heavy atom. The zero-order valence-electron chi connectivity index (χ0n) is 21.7. The zero-order valence-corrected chi connectivity index (χ0v) is 24.1. The van der Waals surface area contributed by atoms with E-state index in [4.69, 9.17) is 24.3 Å². The van der Waals surface area contributed by atoms with Gasteiger partial charge in [0.15, 0.2) is 11.5 Å². The summed E-state index contributed by atoms with van der Waals surface area (Å²) in [5, 5.41) is 8.76. The number of thioether (sulfide) groups is 1. The molecule has 8 nitrogen and oxygen atoms in total. The molecule has 3 aromatic rings. The molecule has 0 saturated heterocycles. The molecule has 1 saturated carbocycles. The first kappa shape index (κ1) is 26.6. The van der Waals surface area contributed by atoms with Crippen molar-refractivity contribution < 1.29 is 19.0 Å². The highest BCUT2D eigenvalue weighted by Gasteiger charge is 2.37. The van der Waals surface area contributed by atoms with Crippen LogP contribution in [-0.2, 0) is 15.3 Å². The number of fused-ring (bicyclic) bond motifs is 1. The van der Waals surface area contributed by atoms with Gasteiger partial charge in [0.05, 0.1) is 24.3 Å². The van der Waals surface area contributed by atoms with E-state index in [0.29, 0.717) is 38.3 Å². The smallest absolute Gasteiger partial charge is 0.338 e. The van der Waals surface area contributed by atoms with Gasteiger partial charge in [-0.1, -0.05) is 48.5 Å². The number of halogens is 1. The van der Waals surface area contributed by atoms with Crippen molar-refractivity contribution in [2.45, 2.75) is 62.1 Å². The number of allylic oxidation sites excluding steroid dienone is 1. The zero-order chi connectivity index (χ0) is 26.6. The van der Waals surface area contributed by atoms with E-state index < -0.39 is 6.04 Å². The molecule has 2 aliphatic rings. The van der Waals surface area contributed by atoms with Crippen LogP contribution < -0.4 is 14.8 Å². The Morgan fingerprint density at radius 1 is 1.13 bits per heavy atom. The predicted molar refractivity (Wildman–Crippen MR) is 151 cm³/mol. The molecule has 1 aliphatic carbocycles. The quantitative estimate of drug-likeness (QED) is 0.232. The molecule has 1 unspecified atom stereocenters. The molecule has 1 fully saturated rings. The standard InChI is InChI=1S/C28H31BrN4O4S/c1-17-23(26(34)37-20-12-8-5-9-13-20)24(19-14-21(29)25(36-3)22(15-19)35-2)33-27(30-17)31-28(32-33)38-16-18-10-6-4-7-11-18/h4,6-7,10-11,14-15,20,24H,5,8-9,12-13,16H2,1-3H3,(H,30,31,32). The fourth-order valence-corrected chi connectivity index (χ4v) is 6.39. The van der Waals surface area contributed by atoms with E-state index in [-0.39, 0.29) is 12.1 Å². The molecule has 0 spiro atoms. The second-order valence-electron chi connectivity index (χ2n) is 9.41. The van der Waals surface area contributed by atoms with Gasteiger partial charge in [0.25, 0.3) is 0 Å². The summed E-state index contributed by atoms with van der Waals surface area (Å²) in [6, 6.07) is 13.4. The van der Waals surface area contributed by atoms with Crippen LogP contribution in [0.25, 0.3) is 0 Å². The topological polar surface area (TPSA) is 87.5 Å². The number of aromatic nitrogens is 3. The van der Waals surface area contributed by atoms with Gasteiger partial charge in [-0.05, 0) is 71.8 Å². The van der Waals surface area contributed by atoms with Gasteiger partial charge in [0.2, 0.25) is 11.1 Å². The molecule has 1 atom stereocenters. The van der Waals surface area contributed by atoms with Crippen LogP contribution in [0.15, 0.2) is 63.4 Å². The van der Waals surface area contributed by atoms with Gasteiger partial charge < -0.3 is 19.5 Å². The van der Waals surface area contributed by atoms with E-state index in [2.05, 4.69) is 33.4 Å². The molecule has 2 heterocycles. The molecule has 2 aromatic carbocycles. The lowest BCUT2D eigenvalue weighted by Gasteiger charge is -2.30. The van der Waals surface area contributed by atoms with Gasteiger partial charge in [-0.15, -0.1) is 5.10 Å². The Labute approximate surface area is 235 Å². The number of benzene rings is 2. The molecule has 0 radical (unpaired) electrons. The van der Waals surface area contributed by atoms with Crippen LogP contribution in [0.5, 0.6) is 11.5 Å². The summed E-state index contributed by atoms with van der Waals surface area (Å²) in [5.74, 6) is 2.10. The second kappa shape index (κ2) is 11.8. The van der Waals surface area contributed by atoms with Crippen molar-refractivity contribution in [2.75, 3.05) is 19.5 Å². The van der Waals surface area contributed by atoms with Crippen LogP contribution in [0.4, 0.5) is 5.95 Å². The van der Waals surface area contributed by atoms with E-state index in [0.717, 1.165) is 37.0 Å². The third-order valence-corrected chi connectivity index (χ3v) is 8.36. The number of ether oxygens (including phenoxy) is 3. The fourth-order valence-electron chi connectivity index (χ4n) is 4.98. The maximum absolute atomic E-state index is 13.7. The van der Waals surface area contributed by atoms with Gasteiger partial charge in [0, 0.05) is 11.4 Å². The average Bonchev–Trinajstić information content (AvgIpc) is 3.34.